The zero-order valence-electron chi connectivity index (χ0n) is 62.1. The number of aromatic amines is 2. The van der Waals surface area contributed by atoms with Crippen molar-refractivity contribution in [2.75, 3.05) is 65.1 Å². The molecule has 0 fully saturated rings. The smallest absolute Gasteiger partial charge is 0.308 e. The number of aromatic nitrogens is 4. The van der Waals surface area contributed by atoms with E-state index < -0.39 is 89.6 Å². The number of ether oxygens (including phenoxy) is 2. The van der Waals surface area contributed by atoms with Crippen molar-refractivity contribution in [1.29, 1.82) is 0 Å². The van der Waals surface area contributed by atoms with E-state index in [2.05, 4.69) is 62.5 Å². The quantitative estimate of drug-likeness (QED) is 0.0166. The van der Waals surface area contributed by atoms with Gasteiger partial charge in [-0.3, -0.25) is 57.5 Å². The fourth-order valence-corrected chi connectivity index (χ4v) is 12.9. The molecular weight excluding hydrogens is 1360 g/mol. The van der Waals surface area contributed by atoms with E-state index >= 15 is 0 Å². The number of imidazole rings is 2. The summed E-state index contributed by atoms with van der Waals surface area (Å²) in [6, 6.07) is 19.4. The van der Waals surface area contributed by atoms with E-state index in [4.69, 9.17) is 9.47 Å². The summed E-state index contributed by atoms with van der Waals surface area (Å²) in [5.74, 6) is -5.11. The molecule has 7 atom stereocenters. The Morgan fingerprint density at radius 3 is 1.30 bits per heavy atom. The first-order valence-electron chi connectivity index (χ1n) is 36.6. The molecule has 8 rings (SSSR count). The number of nitrogens with zero attached hydrogens (tertiary/aromatic N) is 6. The highest BCUT2D eigenvalue weighted by atomic mass is 16.5. The molecule has 0 spiro atoms. The van der Waals surface area contributed by atoms with Crippen LogP contribution >= 0.6 is 0 Å². The largest absolute Gasteiger partial charge is 0.469 e. The van der Waals surface area contributed by atoms with Crippen molar-refractivity contribution in [1.82, 2.24) is 71.4 Å². The van der Waals surface area contributed by atoms with Crippen LogP contribution in [0.4, 0.5) is 11.4 Å². The van der Waals surface area contributed by atoms with Gasteiger partial charge in [0.25, 0.3) is 11.8 Å². The number of para-hydroxylation sites is 4. The summed E-state index contributed by atoms with van der Waals surface area (Å²) < 4.78 is 9.83. The Kier molecular flexibility index (Phi) is 29.9. The Morgan fingerprint density at radius 1 is 0.519 bits per heavy atom. The van der Waals surface area contributed by atoms with Crippen molar-refractivity contribution in [3.8, 4) is 0 Å². The molecule has 2 aliphatic heterocycles. The average Bonchev–Trinajstić information content (AvgIpc) is 1.64. The number of H-pyrrole nitrogens is 2. The number of hydrogen-bond acceptors (Lipinski definition) is 18. The molecule has 0 saturated heterocycles. The summed E-state index contributed by atoms with van der Waals surface area (Å²) in [5.41, 5.74) is 6.43. The van der Waals surface area contributed by atoms with Crippen molar-refractivity contribution >= 4 is 104 Å². The zero-order valence-corrected chi connectivity index (χ0v) is 62.1. The van der Waals surface area contributed by atoms with Gasteiger partial charge in [0.2, 0.25) is 47.3 Å². The minimum absolute atomic E-state index is 0.0588. The van der Waals surface area contributed by atoms with Gasteiger partial charge < -0.3 is 81.6 Å². The molecule has 1 unspecified atom stereocenters. The third-order valence-corrected chi connectivity index (χ3v) is 18.8. The summed E-state index contributed by atoms with van der Waals surface area (Å²) in [6.07, 6.45) is 3.08. The molecule has 2 aromatic heterocycles. The maximum absolute atomic E-state index is 14.1. The van der Waals surface area contributed by atoms with E-state index in [0.29, 0.717) is 71.0 Å². The maximum Gasteiger partial charge on any atom is 0.308 e. The number of amides is 10. The minimum Gasteiger partial charge on any atom is -0.469 e. The molecule has 6 aromatic rings. The third-order valence-electron chi connectivity index (χ3n) is 18.8. The predicted molar refractivity (Wildman–Crippen MR) is 397 cm³/mol. The molecule has 0 bridgehead atoms. The van der Waals surface area contributed by atoms with Crippen LogP contribution in [0.5, 0.6) is 0 Å². The van der Waals surface area contributed by atoms with Gasteiger partial charge >= 0.3 is 11.9 Å². The molecule has 106 heavy (non-hydrogen) atoms. The normalized spacial score (nSPS) is 15.5. The zero-order chi connectivity index (χ0) is 76.6. The van der Waals surface area contributed by atoms with Gasteiger partial charge in [0.15, 0.2) is 0 Å². The van der Waals surface area contributed by atoms with E-state index in [-0.39, 0.29) is 140 Å². The highest BCUT2D eigenvalue weighted by Crippen LogP contribution is 2.29. The average molecular weight is 1460 g/mol. The first-order chi connectivity index (χ1) is 50.9. The molecule has 4 aromatic carbocycles. The Hall–Kier alpha value is -10.9. The summed E-state index contributed by atoms with van der Waals surface area (Å²) in [5, 5.41) is 23.4. The topological polar surface area (TPSA) is 390 Å². The van der Waals surface area contributed by atoms with Crippen LogP contribution in [0.25, 0.3) is 22.1 Å². The molecular formula is C76H102N16O14. The number of methoxy groups -OCH3 is 2. The maximum atomic E-state index is 14.1. The van der Waals surface area contributed by atoms with E-state index in [1.54, 1.807) is 77.0 Å². The van der Waals surface area contributed by atoms with Crippen LogP contribution in [0.1, 0.15) is 168 Å². The number of nitrogens with one attached hydrogen (secondary N) is 10. The number of esters is 2. The Bertz CT molecular complexity index is 4050. The van der Waals surface area contributed by atoms with Gasteiger partial charge in [-0.15, -0.1) is 0 Å². The Labute approximate surface area is 617 Å². The van der Waals surface area contributed by atoms with Crippen LogP contribution in [0.2, 0.25) is 0 Å². The molecule has 570 valence electrons. The van der Waals surface area contributed by atoms with Crippen LogP contribution < -0.4 is 42.5 Å². The van der Waals surface area contributed by atoms with Crippen molar-refractivity contribution in [3.05, 3.63) is 119 Å². The second-order valence-corrected chi connectivity index (χ2v) is 27.1. The monoisotopic (exact) mass is 1460 g/mol. The number of fused-ring (bicyclic) bond motifs is 4. The molecule has 10 N–H and O–H groups in total. The number of anilines is 2. The van der Waals surface area contributed by atoms with Crippen LogP contribution in [0.15, 0.2) is 84.9 Å². The van der Waals surface area contributed by atoms with Crippen molar-refractivity contribution in [2.24, 2.45) is 5.92 Å². The van der Waals surface area contributed by atoms with Gasteiger partial charge in [-0.2, -0.15) is 0 Å². The standard InChI is InChI=1S/C76H102N16O14/c1-10-20-57(69(97)77-34-18-36-91-42-49-38-47(29-31-51(49)79-61(75(91)103)40-66(94)105-8)73(101)89(6)44-63-81-53-24-14-15-25-54(53)82-63)87-71(99)59(22-12-3)85-65(93)33-28-46(5)68(96)86-60(23-13-4)72(100)88-58(21-11-2)70(98)78-35-19-37-92-43-50-39-48(30-32-52(50)80-62(76(92)104)41-67(95)106-9)74(102)90(7)45-64-83-55-26-16-17-27-56(55)84-64/h14-17,24-27,29-32,38-39,46,57-62,79-80H,10-13,18-23,28,33-37,40-45H2,1-9H3,(H,77,97)(H,78,98)(H,81,82)(H,83,84)(H,85,93)(H,86,96)(H,87,99)(H,88,100)/t46?,57-,58-,59-,60-,61-,62-/m0/s1. The Morgan fingerprint density at radius 2 is 0.906 bits per heavy atom. The first kappa shape index (κ1) is 80.7. The summed E-state index contributed by atoms with van der Waals surface area (Å²) in [4.78, 5) is 185. The van der Waals surface area contributed by atoms with E-state index in [1.165, 1.54) is 14.2 Å². The molecule has 30 nitrogen and oxygen atoms in total. The summed E-state index contributed by atoms with van der Waals surface area (Å²) >= 11 is 0. The van der Waals surface area contributed by atoms with E-state index in [9.17, 15) is 57.5 Å². The van der Waals surface area contributed by atoms with Gasteiger partial charge in [-0.1, -0.05) is 84.6 Å². The second-order valence-electron chi connectivity index (χ2n) is 27.1. The van der Waals surface area contributed by atoms with Crippen LogP contribution in [0.3, 0.4) is 0 Å². The number of rotatable bonds is 38. The fraction of sp³-hybridized carbons (Fsp3) is 0.500. The fourth-order valence-electron chi connectivity index (χ4n) is 12.9. The van der Waals surface area contributed by atoms with Gasteiger partial charge in [-0.25, -0.2) is 9.97 Å². The van der Waals surface area contributed by atoms with E-state index in [0.717, 1.165) is 22.1 Å². The lowest BCUT2D eigenvalue weighted by atomic mass is 10.0. The third kappa shape index (κ3) is 22.3. The van der Waals surface area contributed by atoms with Crippen LogP contribution in [-0.2, 0) is 83.6 Å². The molecule has 10 amide bonds. The highest BCUT2D eigenvalue weighted by Gasteiger charge is 2.36. The van der Waals surface area contributed by atoms with Gasteiger partial charge in [0.1, 0.15) is 47.9 Å². The summed E-state index contributed by atoms with van der Waals surface area (Å²) in [6.45, 7) is 10.2. The molecule has 0 radical (unpaired) electrons. The second kappa shape index (κ2) is 39.3. The van der Waals surface area contributed by atoms with E-state index in [1.807, 2.05) is 76.2 Å². The highest BCUT2D eigenvalue weighted by molar-refractivity contribution is 5.98. The van der Waals surface area contributed by atoms with Gasteiger partial charge in [0, 0.05) is 88.2 Å². The van der Waals surface area contributed by atoms with Crippen molar-refractivity contribution < 1.29 is 67.0 Å². The number of carbonyl (C=O) groups excluding carboxylic acids is 12. The predicted octanol–water partition coefficient (Wildman–Crippen LogP) is 5.62. The van der Waals surface area contributed by atoms with Gasteiger partial charge in [0.05, 0.1) is 62.2 Å². The molecule has 4 heterocycles. The first-order valence-corrected chi connectivity index (χ1v) is 36.6. The van der Waals surface area contributed by atoms with Gasteiger partial charge in [-0.05, 0) is 117 Å². The van der Waals surface area contributed by atoms with Crippen molar-refractivity contribution in [2.45, 2.75) is 187 Å². The lowest BCUT2D eigenvalue weighted by molar-refractivity contribution is -0.144. The number of carbonyl (C=O) groups is 12. The molecule has 0 aliphatic carbocycles. The van der Waals surface area contributed by atoms with Crippen LogP contribution in [-0.4, -0.2) is 201 Å². The van der Waals surface area contributed by atoms with Crippen LogP contribution in [0, 0.1) is 5.92 Å². The molecule has 30 heteroatoms. The Balaban J connectivity index is 0.785. The lowest BCUT2D eigenvalue weighted by Gasteiger charge is -2.25. The SMILES string of the molecule is CCC[C@H](NC(=O)CCC(C)C(=O)N[C@@H](CCC)C(=O)N[C@@H](CCC)C(=O)NCCCN1Cc2cc(C(=O)N(C)Cc3nc4ccccc4[nH]3)ccc2N[C@@H](CC(=O)OC)C1=O)C(=O)N[C@@H](CCC)C(=O)NCCCN1Cc2cc(C(=O)N(C)Cc3nc4ccccc4[nH]3)ccc2N[C@@H](CC(=O)OC)C1=O. The van der Waals surface area contributed by atoms with Crippen molar-refractivity contribution in [3.63, 3.8) is 0 Å². The number of benzene rings is 4. The molecule has 2 aliphatic rings. The lowest BCUT2D eigenvalue weighted by Crippen LogP contribution is -2.54. The molecule has 0 saturated carbocycles. The minimum atomic E-state index is -1.02. The number of hydrogen-bond donors (Lipinski definition) is 10. The summed E-state index contributed by atoms with van der Waals surface area (Å²) in [7, 11) is 5.82.